The minimum Gasteiger partial charge on any atom is -0.464 e. The van der Waals surface area contributed by atoms with E-state index >= 15 is 0 Å². The smallest absolute Gasteiger partial charge is 0.342 e. The molecule has 6 heteroatoms. The van der Waals surface area contributed by atoms with E-state index in [1.165, 1.54) is 0 Å². The summed E-state index contributed by atoms with van der Waals surface area (Å²) < 4.78 is 18.1. The van der Waals surface area contributed by atoms with Crippen molar-refractivity contribution in [1.29, 1.82) is 0 Å². The van der Waals surface area contributed by atoms with Crippen LogP contribution in [-0.4, -0.2) is 23.7 Å². The summed E-state index contributed by atoms with van der Waals surface area (Å²) in [6.45, 7) is 3.52. The van der Waals surface area contributed by atoms with Crippen molar-refractivity contribution in [3.63, 3.8) is 0 Å². The quantitative estimate of drug-likeness (QED) is 0.839. The van der Waals surface area contributed by atoms with Crippen molar-refractivity contribution in [3.05, 3.63) is 29.6 Å². The summed E-state index contributed by atoms with van der Waals surface area (Å²) in [6.07, 6.45) is -1.88. The maximum Gasteiger partial charge on any atom is 0.342 e. The molecule has 2 N–H and O–H groups in total. The van der Waals surface area contributed by atoms with Crippen LogP contribution >= 0.6 is 12.4 Å². The molecule has 4 nitrogen and oxygen atoms in total. The van der Waals surface area contributed by atoms with Crippen molar-refractivity contribution in [3.8, 4) is 0 Å². The molecule has 1 rings (SSSR count). The van der Waals surface area contributed by atoms with Crippen LogP contribution in [0.4, 0.5) is 4.39 Å². The number of halogens is 2. The van der Waals surface area contributed by atoms with Gasteiger partial charge in [0.25, 0.3) is 0 Å². The Balaban J connectivity index is 0.00000256. The van der Waals surface area contributed by atoms with Gasteiger partial charge in [-0.3, -0.25) is 4.98 Å². The third kappa shape index (κ3) is 4.28. The van der Waals surface area contributed by atoms with E-state index in [0.29, 0.717) is 5.69 Å². The summed E-state index contributed by atoms with van der Waals surface area (Å²) in [5.74, 6) is -0.946. The topological polar surface area (TPSA) is 65.2 Å². The lowest BCUT2D eigenvalue weighted by atomic mass is 10.1. The third-order valence-corrected chi connectivity index (χ3v) is 2.08. The molecule has 0 radical (unpaired) electrons. The van der Waals surface area contributed by atoms with Gasteiger partial charge in [-0.1, -0.05) is 6.07 Å². The van der Waals surface area contributed by atoms with Crippen LogP contribution in [0.2, 0.25) is 0 Å². The van der Waals surface area contributed by atoms with E-state index in [-0.39, 0.29) is 19.0 Å². The number of aryl methyl sites for hydroxylation is 1. The Bertz CT molecular complexity index is 376. The molecule has 0 aliphatic rings. The predicted octanol–water partition coefficient (Wildman–Crippen LogP) is 1.71. The molecule has 0 aromatic carbocycles. The number of aromatic nitrogens is 1. The summed E-state index contributed by atoms with van der Waals surface area (Å²) in [7, 11) is 0. The number of nitrogens with zero attached hydrogens (tertiary/aromatic N) is 1. The average Bonchev–Trinajstić information content (AvgIpc) is 2.27. The van der Waals surface area contributed by atoms with Crippen LogP contribution in [0.5, 0.6) is 0 Å². The van der Waals surface area contributed by atoms with Gasteiger partial charge in [0.05, 0.1) is 18.3 Å². The van der Waals surface area contributed by atoms with Gasteiger partial charge >= 0.3 is 5.97 Å². The predicted molar refractivity (Wildman–Crippen MR) is 64.7 cm³/mol. The summed E-state index contributed by atoms with van der Waals surface area (Å²) in [6, 6.07) is 3.99. The first-order valence-electron chi connectivity index (χ1n) is 5.06. The molecule has 1 unspecified atom stereocenters. The number of esters is 1. The molecule has 17 heavy (non-hydrogen) atoms. The average molecular weight is 263 g/mol. The normalized spacial score (nSPS) is 13.4. The molecule has 0 aliphatic heterocycles. The number of carbonyl (C=O) groups excluding carboxylic acids is 1. The standard InChI is InChI=1S/C11H15FN2O2.ClH/c1-3-16-11(15)9(12)10(13)8-6-4-5-7(2)14-8;/h4-6,9-10H,3,13H2,1-2H3;1H/t9?,10-;/m1./s1. The Morgan fingerprint density at radius 3 is 2.76 bits per heavy atom. The minimum absolute atomic E-state index is 0. The number of pyridine rings is 1. The SMILES string of the molecule is CCOC(=O)C(F)[C@H](N)c1cccc(C)n1.Cl. The second-order valence-electron chi connectivity index (χ2n) is 3.38. The van der Waals surface area contributed by atoms with Crippen LogP contribution < -0.4 is 5.73 Å². The van der Waals surface area contributed by atoms with E-state index in [4.69, 9.17) is 5.73 Å². The van der Waals surface area contributed by atoms with E-state index in [9.17, 15) is 9.18 Å². The van der Waals surface area contributed by atoms with Gasteiger partial charge in [0.2, 0.25) is 6.17 Å². The molecule has 96 valence electrons. The van der Waals surface area contributed by atoms with Crippen LogP contribution in [-0.2, 0) is 9.53 Å². The van der Waals surface area contributed by atoms with Crippen molar-refractivity contribution >= 4 is 18.4 Å². The zero-order valence-corrected chi connectivity index (χ0v) is 10.5. The summed E-state index contributed by atoms with van der Waals surface area (Å²) in [5, 5.41) is 0. The first-order chi connectivity index (χ1) is 7.56. The molecular weight excluding hydrogens is 247 g/mol. The molecule has 1 aromatic rings. The lowest BCUT2D eigenvalue weighted by Gasteiger charge is -2.15. The van der Waals surface area contributed by atoms with E-state index in [1.807, 2.05) is 0 Å². The van der Waals surface area contributed by atoms with Gasteiger partial charge in [-0.15, -0.1) is 12.4 Å². The van der Waals surface area contributed by atoms with Gasteiger partial charge in [0, 0.05) is 5.69 Å². The Kier molecular flexibility index (Phi) is 6.68. The number of hydrogen-bond acceptors (Lipinski definition) is 4. The lowest BCUT2D eigenvalue weighted by Crippen LogP contribution is -2.32. The van der Waals surface area contributed by atoms with Crippen LogP contribution in [0.3, 0.4) is 0 Å². The highest BCUT2D eigenvalue weighted by Gasteiger charge is 2.28. The molecule has 0 spiro atoms. The van der Waals surface area contributed by atoms with Gasteiger partial charge in [0.1, 0.15) is 0 Å². The molecule has 1 aromatic heterocycles. The lowest BCUT2D eigenvalue weighted by molar-refractivity contribution is -0.150. The maximum absolute atomic E-state index is 13.6. The Hall–Kier alpha value is -1.20. The van der Waals surface area contributed by atoms with E-state index in [2.05, 4.69) is 9.72 Å². The highest BCUT2D eigenvalue weighted by Crippen LogP contribution is 2.16. The Morgan fingerprint density at radius 1 is 1.59 bits per heavy atom. The van der Waals surface area contributed by atoms with Crippen LogP contribution in [0.15, 0.2) is 18.2 Å². The first kappa shape index (κ1) is 15.8. The van der Waals surface area contributed by atoms with Gasteiger partial charge in [-0.2, -0.15) is 0 Å². The fraction of sp³-hybridized carbons (Fsp3) is 0.455. The van der Waals surface area contributed by atoms with Gasteiger partial charge in [-0.05, 0) is 26.0 Å². The maximum atomic E-state index is 13.6. The zero-order valence-electron chi connectivity index (χ0n) is 9.72. The van der Waals surface area contributed by atoms with Crippen LogP contribution in [0.25, 0.3) is 0 Å². The molecule has 1 heterocycles. The largest absolute Gasteiger partial charge is 0.464 e. The minimum atomic E-state index is -1.88. The molecule has 0 saturated carbocycles. The number of ether oxygens (including phenoxy) is 1. The Morgan fingerprint density at radius 2 is 2.24 bits per heavy atom. The van der Waals surface area contributed by atoms with Crippen molar-refractivity contribution in [2.45, 2.75) is 26.1 Å². The monoisotopic (exact) mass is 262 g/mol. The molecule has 2 atom stereocenters. The van der Waals surface area contributed by atoms with Crippen LogP contribution in [0, 0.1) is 6.92 Å². The fourth-order valence-electron chi connectivity index (χ4n) is 1.27. The van der Waals surface area contributed by atoms with Crippen molar-refractivity contribution in [2.75, 3.05) is 6.61 Å². The molecular formula is C11H16ClFN2O2. The first-order valence-corrected chi connectivity index (χ1v) is 5.06. The second kappa shape index (κ2) is 7.19. The second-order valence-corrected chi connectivity index (χ2v) is 3.38. The van der Waals surface area contributed by atoms with E-state index in [1.54, 1.807) is 32.0 Å². The van der Waals surface area contributed by atoms with Gasteiger partial charge < -0.3 is 10.5 Å². The zero-order chi connectivity index (χ0) is 12.1. The molecule has 0 amide bonds. The number of carbonyl (C=O) groups is 1. The summed E-state index contributed by atoms with van der Waals surface area (Å²) in [5.41, 5.74) is 6.67. The van der Waals surface area contributed by atoms with Gasteiger partial charge in [-0.25, -0.2) is 9.18 Å². The molecule has 0 aliphatic carbocycles. The number of rotatable bonds is 4. The highest BCUT2D eigenvalue weighted by atomic mass is 35.5. The van der Waals surface area contributed by atoms with Crippen molar-refractivity contribution in [1.82, 2.24) is 4.98 Å². The summed E-state index contributed by atoms with van der Waals surface area (Å²) in [4.78, 5) is 15.2. The van der Waals surface area contributed by atoms with E-state index in [0.717, 1.165) is 5.69 Å². The molecule has 0 fully saturated rings. The molecule has 0 saturated heterocycles. The Labute approximate surface area is 106 Å². The van der Waals surface area contributed by atoms with Crippen LogP contribution in [0.1, 0.15) is 24.4 Å². The number of hydrogen-bond donors (Lipinski definition) is 1. The third-order valence-electron chi connectivity index (χ3n) is 2.08. The van der Waals surface area contributed by atoms with E-state index < -0.39 is 18.2 Å². The number of alkyl halides is 1. The molecule has 0 bridgehead atoms. The highest BCUT2D eigenvalue weighted by molar-refractivity contribution is 5.85. The van der Waals surface area contributed by atoms with Gasteiger partial charge in [0.15, 0.2) is 0 Å². The number of nitrogens with two attached hydrogens (primary N) is 1. The van der Waals surface area contributed by atoms with Crippen molar-refractivity contribution in [2.24, 2.45) is 5.73 Å². The fourth-order valence-corrected chi connectivity index (χ4v) is 1.27. The summed E-state index contributed by atoms with van der Waals surface area (Å²) >= 11 is 0. The van der Waals surface area contributed by atoms with Crippen molar-refractivity contribution < 1.29 is 13.9 Å².